The van der Waals surface area contributed by atoms with E-state index in [0.29, 0.717) is 16.8 Å². The van der Waals surface area contributed by atoms with E-state index in [1.807, 2.05) is 12.1 Å². The number of ether oxygens (including phenoxy) is 2. The fourth-order valence-corrected chi connectivity index (χ4v) is 2.92. The summed E-state index contributed by atoms with van der Waals surface area (Å²) in [7, 11) is 1.29. The van der Waals surface area contributed by atoms with E-state index < -0.39 is 23.4 Å². The number of cyclic esters (lactones) is 1. The second kappa shape index (κ2) is 6.63. The van der Waals surface area contributed by atoms with E-state index in [-0.39, 0.29) is 6.42 Å². The summed E-state index contributed by atoms with van der Waals surface area (Å²) in [4.78, 5) is 36.8. The molecule has 0 saturated carbocycles. The molecule has 0 aliphatic carbocycles. The van der Waals surface area contributed by atoms with Crippen LogP contribution in [0.2, 0.25) is 0 Å². The number of anilines is 1. The van der Waals surface area contributed by atoms with Gasteiger partial charge in [0.05, 0.1) is 18.2 Å². The van der Waals surface area contributed by atoms with Crippen LogP contribution in [0.25, 0.3) is 0 Å². The molecule has 0 fully saturated rings. The zero-order valence-electron chi connectivity index (χ0n) is 14.8. The maximum absolute atomic E-state index is 12.8. The summed E-state index contributed by atoms with van der Waals surface area (Å²) in [5.74, 6) is -1.47. The van der Waals surface area contributed by atoms with Crippen molar-refractivity contribution in [3.05, 3.63) is 64.7 Å². The molecule has 1 atom stereocenters. The molecule has 0 saturated heterocycles. The van der Waals surface area contributed by atoms with Gasteiger partial charge < -0.3 is 14.8 Å². The summed E-state index contributed by atoms with van der Waals surface area (Å²) in [5.41, 5.74) is 1.47. The third-order valence-electron chi connectivity index (χ3n) is 4.47. The summed E-state index contributed by atoms with van der Waals surface area (Å²) in [6, 6.07) is 11.9. The number of hydrogen-bond acceptors (Lipinski definition) is 5. The SMILES string of the molecule is COC(=O)c1ccc(C)c(NC(=O)[C@@]2(C)Cc3ccccc3C(=O)O2)c1. The molecule has 0 spiro atoms. The van der Waals surface area contributed by atoms with Crippen molar-refractivity contribution in [1.82, 2.24) is 0 Å². The van der Waals surface area contributed by atoms with Crippen LogP contribution < -0.4 is 5.32 Å². The molecule has 0 bridgehead atoms. The molecule has 1 aliphatic heterocycles. The molecule has 6 heteroatoms. The van der Waals surface area contributed by atoms with Crippen LogP contribution in [0.1, 0.15) is 38.8 Å². The highest BCUT2D eigenvalue weighted by Gasteiger charge is 2.42. The molecule has 1 N–H and O–H groups in total. The molecule has 2 aromatic carbocycles. The van der Waals surface area contributed by atoms with Crippen molar-refractivity contribution in [2.24, 2.45) is 0 Å². The van der Waals surface area contributed by atoms with Crippen LogP contribution in [0.5, 0.6) is 0 Å². The van der Waals surface area contributed by atoms with Crippen molar-refractivity contribution in [3.63, 3.8) is 0 Å². The first-order valence-electron chi connectivity index (χ1n) is 8.16. The minimum atomic E-state index is -1.33. The molecule has 6 nitrogen and oxygen atoms in total. The topological polar surface area (TPSA) is 81.7 Å². The molecule has 0 unspecified atom stereocenters. The zero-order chi connectivity index (χ0) is 18.9. The van der Waals surface area contributed by atoms with Gasteiger partial charge in [-0.3, -0.25) is 4.79 Å². The quantitative estimate of drug-likeness (QED) is 0.858. The molecule has 3 rings (SSSR count). The normalized spacial score (nSPS) is 18.5. The summed E-state index contributed by atoms with van der Waals surface area (Å²) in [5, 5.41) is 2.77. The van der Waals surface area contributed by atoms with Crippen molar-refractivity contribution in [3.8, 4) is 0 Å². The number of nitrogens with one attached hydrogen (secondary N) is 1. The Hall–Kier alpha value is -3.15. The van der Waals surface area contributed by atoms with Crippen molar-refractivity contribution >= 4 is 23.5 Å². The van der Waals surface area contributed by atoms with Gasteiger partial charge >= 0.3 is 11.9 Å². The number of fused-ring (bicyclic) bond motifs is 1. The van der Waals surface area contributed by atoms with E-state index >= 15 is 0 Å². The van der Waals surface area contributed by atoms with Crippen LogP contribution in [0.15, 0.2) is 42.5 Å². The Morgan fingerprint density at radius 2 is 1.92 bits per heavy atom. The van der Waals surface area contributed by atoms with E-state index in [0.717, 1.165) is 11.1 Å². The average Bonchev–Trinajstić information content (AvgIpc) is 2.62. The van der Waals surface area contributed by atoms with Crippen LogP contribution >= 0.6 is 0 Å². The average molecular weight is 353 g/mol. The van der Waals surface area contributed by atoms with Crippen LogP contribution in [-0.4, -0.2) is 30.6 Å². The minimum absolute atomic E-state index is 0.274. The van der Waals surface area contributed by atoms with Crippen molar-refractivity contribution < 1.29 is 23.9 Å². The molecular formula is C20H19NO5. The number of rotatable bonds is 3. The Morgan fingerprint density at radius 1 is 1.19 bits per heavy atom. The van der Waals surface area contributed by atoms with E-state index in [1.54, 1.807) is 44.2 Å². The number of methoxy groups -OCH3 is 1. The van der Waals surface area contributed by atoms with E-state index in [9.17, 15) is 14.4 Å². The standard InChI is InChI=1S/C20H19NO5/c1-12-8-9-13(17(22)25-3)10-16(12)21-19(24)20(2)11-14-6-4-5-7-15(14)18(23)26-20/h4-10H,11H2,1-3H3,(H,21,24)/t20-/m1/s1. The van der Waals surface area contributed by atoms with Gasteiger partial charge in [0.1, 0.15) is 0 Å². The van der Waals surface area contributed by atoms with Crippen LogP contribution in [0.3, 0.4) is 0 Å². The molecule has 0 radical (unpaired) electrons. The zero-order valence-corrected chi connectivity index (χ0v) is 14.8. The highest BCUT2D eigenvalue weighted by molar-refractivity contribution is 6.03. The molecule has 2 aromatic rings. The molecule has 1 amide bonds. The lowest BCUT2D eigenvalue weighted by molar-refractivity contribution is -0.134. The molecule has 26 heavy (non-hydrogen) atoms. The first-order chi connectivity index (χ1) is 12.3. The van der Waals surface area contributed by atoms with Crippen molar-refractivity contribution in [2.45, 2.75) is 25.9 Å². The van der Waals surface area contributed by atoms with Gasteiger partial charge in [-0.05, 0) is 43.2 Å². The summed E-state index contributed by atoms with van der Waals surface area (Å²) in [6.45, 7) is 3.39. The second-order valence-electron chi connectivity index (χ2n) is 6.43. The number of carbonyl (C=O) groups excluding carboxylic acids is 3. The van der Waals surface area contributed by atoms with Gasteiger partial charge in [0.25, 0.3) is 5.91 Å². The van der Waals surface area contributed by atoms with Gasteiger partial charge in [0, 0.05) is 12.1 Å². The Kier molecular flexibility index (Phi) is 4.50. The summed E-state index contributed by atoms with van der Waals surface area (Å²) in [6.07, 6.45) is 0.274. The van der Waals surface area contributed by atoms with Crippen molar-refractivity contribution in [1.29, 1.82) is 0 Å². The number of benzene rings is 2. The van der Waals surface area contributed by atoms with E-state index in [4.69, 9.17) is 9.47 Å². The smallest absolute Gasteiger partial charge is 0.339 e. The molecule has 1 aliphatic rings. The van der Waals surface area contributed by atoms with Gasteiger partial charge in [-0.2, -0.15) is 0 Å². The van der Waals surface area contributed by atoms with Gasteiger partial charge in [0.2, 0.25) is 0 Å². The molecule has 134 valence electrons. The maximum Gasteiger partial charge on any atom is 0.339 e. The van der Waals surface area contributed by atoms with Crippen molar-refractivity contribution in [2.75, 3.05) is 12.4 Å². The molecule has 0 aromatic heterocycles. The minimum Gasteiger partial charge on any atom is -0.465 e. The van der Waals surface area contributed by atoms with Crippen LogP contribution in [-0.2, 0) is 20.7 Å². The summed E-state index contributed by atoms with van der Waals surface area (Å²) >= 11 is 0. The second-order valence-corrected chi connectivity index (χ2v) is 6.43. The monoisotopic (exact) mass is 353 g/mol. The number of aryl methyl sites for hydroxylation is 1. The fraction of sp³-hybridized carbons (Fsp3) is 0.250. The Labute approximate surface area is 151 Å². The summed E-state index contributed by atoms with van der Waals surface area (Å²) < 4.78 is 10.1. The third kappa shape index (κ3) is 3.18. The largest absolute Gasteiger partial charge is 0.465 e. The fourth-order valence-electron chi connectivity index (χ4n) is 2.92. The Balaban J connectivity index is 1.87. The van der Waals surface area contributed by atoms with Crippen LogP contribution in [0.4, 0.5) is 5.69 Å². The number of hydrogen-bond donors (Lipinski definition) is 1. The molecular weight excluding hydrogens is 334 g/mol. The first kappa shape index (κ1) is 17.7. The maximum atomic E-state index is 12.8. The highest BCUT2D eigenvalue weighted by Crippen LogP contribution is 2.30. The third-order valence-corrected chi connectivity index (χ3v) is 4.47. The molecule has 1 heterocycles. The lowest BCUT2D eigenvalue weighted by Crippen LogP contribution is -2.49. The number of esters is 2. The lowest BCUT2D eigenvalue weighted by atomic mass is 9.89. The number of carbonyl (C=O) groups is 3. The van der Waals surface area contributed by atoms with Gasteiger partial charge in [-0.1, -0.05) is 24.3 Å². The van der Waals surface area contributed by atoms with Gasteiger partial charge in [-0.25, -0.2) is 9.59 Å². The number of amides is 1. The van der Waals surface area contributed by atoms with E-state index in [2.05, 4.69) is 5.32 Å². The highest BCUT2D eigenvalue weighted by atomic mass is 16.6. The Bertz CT molecular complexity index is 905. The predicted molar refractivity (Wildman–Crippen MR) is 95.1 cm³/mol. The first-order valence-corrected chi connectivity index (χ1v) is 8.16. The van der Waals surface area contributed by atoms with Crippen LogP contribution in [0, 0.1) is 6.92 Å². The van der Waals surface area contributed by atoms with Gasteiger partial charge in [0.15, 0.2) is 5.60 Å². The van der Waals surface area contributed by atoms with E-state index in [1.165, 1.54) is 7.11 Å². The van der Waals surface area contributed by atoms with Gasteiger partial charge in [-0.15, -0.1) is 0 Å². The predicted octanol–water partition coefficient (Wildman–Crippen LogP) is 2.89. The lowest BCUT2D eigenvalue weighted by Gasteiger charge is -2.33. The Morgan fingerprint density at radius 3 is 2.65 bits per heavy atom.